The highest BCUT2D eigenvalue weighted by Gasteiger charge is 2.38. The molecule has 0 aliphatic carbocycles. The highest BCUT2D eigenvalue weighted by atomic mass is 35.5. The second kappa shape index (κ2) is 10.4. The summed E-state index contributed by atoms with van der Waals surface area (Å²) in [5.41, 5.74) is 1.37. The van der Waals surface area contributed by atoms with E-state index in [-0.39, 0.29) is 18.2 Å². The lowest BCUT2D eigenvalue weighted by Gasteiger charge is -2.16. The molecule has 2 amide bonds. The number of thioether (sulfide) groups is 1. The van der Waals surface area contributed by atoms with Crippen molar-refractivity contribution < 1.29 is 14.3 Å². The van der Waals surface area contributed by atoms with Gasteiger partial charge < -0.3 is 10.1 Å². The van der Waals surface area contributed by atoms with Gasteiger partial charge in [-0.05, 0) is 36.8 Å². The van der Waals surface area contributed by atoms with Crippen molar-refractivity contribution in [2.24, 2.45) is 4.99 Å². The van der Waals surface area contributed by atoms with Crippen LogP contribution in [0.2, 0.25) is 5.02 Å². The Bertz CT molecular complexity index is 892. The van der Waals surface area contributed by atoms with Crippen LogP contribution < -0.4 is 5.32 Å². The van der Waals surface area contributed by atoms with Crippen LogP contribution in [0.15, 0.2) is 59.6 Å². The third-order valence-electron chi connectivity index (χ3n) is 4.21. The molecule has 0 saturated carbocycles. The second-order valence-electron chi connectivity index (χ2n) is 6.44. The molecule has 2 aromatic rings. The van der Waals surface area contributed by atoms with Gasteiger partial charge in [0.2, 0.25) is 11.8 Å². The lowest BCUT2D eigenvalue weighted by atomic mass is 10.2. The van der Waals surface area contributed by atoms with Crippen LogP contribution in [0.1, 0.15) is 12.8 Å². The third kappa shape index (κ3) is 6.06. The molecule has 1 aliphatic rings. The summed E-state index contributed by atoms with van der Waals surface area (Å²) in [7, 11) is 1.63. The van der Waals surface area contributed by atoms with Crippen LogP contribution in [0, 0.1) is 0 Å². The zero-order chi connectivity index (χ0) is 20.6. The van der Waals surface area contributed by atoms with Crippen molar-refractivity contribution in [2.75, 3.05) is 25.6 Å². The summed E-state index contributed by atoms with van der Waals surface area (Å²) in [6.07, 6.45) is 0.753. The number of aliphatic imine (C=N–C) groups is 1. The number of nitrogens with one attached hydrogen (secondary N) is 1. The summed E-state index contributed by atoms with van der Waals surface area (Å²) in [4.78, 5) is 31.6. The number of benzene rings is 2. The Balaban J connectivity index is 1.71. The number of anilines is 1. The van der Waals surface area contributed by atoms with Gasteiger partial charge in [0.25, 0.3) is 0 Å². The van der Waals surface area contributed by atoms with Crippen LogP contribution in [0.4, 0.5) is 11.4 Å². The fourth-order valence-electron chi connectivity index (χ4n) is 2.86. The molecule has 152 valence electrons. The first-order chi connectivity index (χ1) is 14.1. The first kappa shape index (κ1) is 21.4. The summed E-state index contributed by atoms with van der Waals surface area (Å²) >= 11 is 7.28. The van der Waals surface area contributed by atoms with Crippen molar-refractivity contribution in [1.29, 1.82) is 0 Å². The number of carbonyl (C=O) groups is 2. The molecule has 1 aliphatic heterocycles. The van der Waals surface area contributed by atoms with E-state index in [9.17, 15) is 9.59 Å². The Morgan fingerprint density at radius 2 is 2.03 bits per heavy atom. The number of amides is 2. The molecule has 1 atom stereocenters. The molecule has 8 heteroatoms. The van der Waals surface area contributed by atoms with Gasteiger partial charge in [0, 0.05) is 37.4 Å². The van der Waals surface area contributed by atoms with Gasteiger partial charge in [-0.1, -0.05) is 47.6 Å². The van der Waals surface area contributed by atoms with Crippen LogP contribution in [0.25, 0.3) is 0 Å². The molecule has 1 fully saturated rings. The maximum atomic E-state index is 12.9. The van der Waals surface area contributed by atoms with Gasteiger partial charge in [-0.2, -0.15) is 0 Å². The normalized spacial score (nSPS) is 17.7. The van der Waals surface area contributed by atoms with Crippen molar-refractivity contribution in [2.45, 2.75) is 18.1 Å². The first-order valence-corrected chi connectivity index (χ1v) is 10.5. The van der Waals surface area contributed by atoms with E-state index in [1.807, 2.05) is 30.3 Å². The van der Waals surface area contributed by atoms with Crippen molar-refractivity contribution in [3.8, 4) is 0 Å². The molecule has 2 aromatic carbocycles. The van der Waals surface area contributed by atoms with Gasteiger partial charge >= 0.3 is 0 Å². The molecule has 0 unspecified atom stereocenters. The highest BCUT2D eigenvalue weighted by Crippen LogP contribution is 2.32. The van der Waals surface area contributed by atoms with Gasteiger partial charge in [-0.3, -0.25) is 14.5 Å². The number of carbonyl (C=O) groups excluding carboxylic acids is 2. The van der Waals surface area contributed by atoms with E-state index >= 15 is 0 Å². The Morgan fingerprint density at radius 1 is 1.24 bits per heavy atom. The lowest BCUT2D eigenvalue weighted by Crippen LogP contribution is -2.34. The molecule has 0 aromatic heterocycles. The van der Waals surface area contributed by atoms with Crippen molar-refractivity contribution in [3.05, 3.63) is 59.6 Å². The zero-order valence-corrected chi connectivity index (χ0v) is 17.6. The van der Waals surface area contributed by atoms with Crippen LogP contribution in [-0.4, -0.2) is 47.4 Å². The summed E-state index contributed by atoms with van der Waals surface area (Å²) in [6.45, 7) is 1.05. The molecular weight excluding hydrogens is 410 g/mol. The summed E-state index contributed by atoms with van der Waals surface area (Å²) in [5, 5.41) is 3.43. The van der Waals surface area contributed by atoms with Gasteiger partial charge in [-0.25, -0.2) is 4.99 Å². The van der Waals surface area contributed by atoms with Gasteiger partial charge in [0.05, 0.1) is 5.69 Å². The smallest absolute Gasteiger partial charge is 0.242 e. The maximum absolute atomic E-state index is 12.9. The number of nitrogens with zero attached hydrogens (tertiary/aromatic N) is 2. The summed E-state index contributed by atoms with van der Waals surface area (Å²) in [6, 6.07) is 16.4. The Hall–Kier alpha value is -2.35. The molecule has 1 N–H and O–H groups in total. The molecule has 0 spiro atoms. The molecule has 1 heterocycles. The average molecular weight is 432 g/mol. The predicted octanol–water partition coefficient (Wildman–Crippen LogP) is 4.34. The molecule has 0 bridgehead atoms. The quantitative estimate of drug-likeness (QED) is 0.631. The summed E-state index contributed by atoms with van der Waals surface area (Å²) in [5.74, 6) is -0.349. The number of ether oxygens (including phenoxy) is 1. The minimum atomic E-state index is -0.515. The van der Waals surface area contributed by atoms with E-state index in [2.05, 4.69) is 10.3 Å². The van der Waals surface area contributed by atoms with Gasteiger partial charge in [0.1, 0.15) is 5.25 Å². The van der Waals surface area contributed by atoms with Crippen LogP contribution in [0.3, 0.4) is 0 Å². The minimum Gasteiger partial charge on any atom is -0.385 e. The number of hydrogen-bond donors (Lipinski definition) is 1. The molecule has 6 nitrogen and oxygen atoms in total. The summed E-state index contributed by atoms with van der Waals surface area (Å²) < 4.78 is 5.10. The Kier molecular flexibility index (Phi) is 7.69. The SMILES string of the molecule is COCCCN1C(=O)[C@@H](CC(=O)Nc2cccc(Cl)c2)SC1=Nc1ccccc1. The zero-order valence-electron chi connectivity index (χ0n) is 16.0. The van der Waals surface area contributed by atoms with Crippen LogP contribution in [-0.2, 0) is 14.3 Å². The fourth-order valence-corrected chi connectivity index (χ4v) is 4.23. The maximum Gasteiger partial charge on any atom is 0.242 e. The van der Waals surface area contributed by atoms with E-state index in [1.165, 1.54) is 11.8 Å². The standard InChI is InChI=1S/C21H22ClN3O3S/c1-28-12-6-11-25-20(27)18(29-21(25)24-16-8-3-2-4-9-16)14-19(26)23-17-10-5-7-15(22)13-17/h2-5,7-10,13,18H,6,11-12,14H2,1H3,(H,23,26)/t18-/m1/s1. The molecule has 29 heavy (non-hydrogen) atoms. The predicted molar refractivity (Wildman–Crippen MR) is 118 cm³/mol. The third-order valence-corrected chi connectivity index (χ3v) is 5.62. The van der Waals surface area contributed by atoms with Gasteiger partial charge in [0.15, 0.2) is 5.17 Å². The molecule has 0 radical (unpaired) electrons. The van der Waals surface area contributed by atoms with Gasteiger partial charge in [-0.15, -0.1) is 0 Å². The molecule has 1 saturated heterocycles. The van der Waals surface area contributed by atoms with Crippen molar-refractivity contribution >= 4 is 51.7 Å². The minimum absolute atomic E-state index is 0.0601. The second-order valence-corrected chi connectivity index (χ2v) is 8.04. The number of para-hydroxylation sites is 1. The highest BCUT2D eigenvalue weighted by molar-refractivity contribution is 8.15. The van der Waals surface area contributed by atoms with E-state index in [1.54, 1.807) is 36.3 Å². The largest absolute Gasteiger partial charge is 0.385 e. The number of amidine groups is 1. The fraction of sp³-hybridized carbons (Fsp3) is 0.286. The topological polar surface area (TPSA) is 71.0 Å². The van der Waals surface area contributed by atoms with E-state index in [0.717, 1.165) is 5.69 Å². The first-order valence-electron chi connectivity index (χ1n) is 9.23. The van der Waals surface area contributed by atoms with Crippen molar-refractivity contribution in [3.63, 3.8) is 0 Å². The van der Waals surface area contributed by atoms with Crippen LogP contribution >= 0.6 is 23.4 Å². The average Bonchev–Trinajstić information content (AvgIpc) is 2.97. The van der Waals surface area contributed by atoms with Crippen molar-refractivity contribution in [1.82, 2.24) is 4.90 Å². The van der Waals surface area contributed by atoms with E-state index in [4.69, 9.17) is 16.3 Å². The van der Waals surface area contributed by atoms with E-state index in [0.29, 0.717) is 35.5 Å². The Labute approximate surface area is 179 Å². The lowest BCUT2D eigenvalue weighted by molar-refractivity contribution is -0.128. The van der Waals surface area contributed by atoms with E-state index < -0.39 is 5.25 Å². The number of rotatable bonds is 8. The van der Waals surface area contributed by atoms with Crippen LogP contribution in [0.5, 0.6) is 0 Å². The molecular formula is C21H22ClN3O3S. The number of hydrogen-bond acceptors (Lipinski definition) is 5. The molecule has 3 rings (SSSR count). The monoisotopic (exact) mass is 431 g/mol. The number of methoxy groups -OCH3 is 1. The number of halogens is 1. The Morgan fingerprint density at radius 3 is 2.76 bits per heavy atom.